The van der Waals surface area contributed by atoms with Crippen molar-refractivity contribution in [3.05, 3.63) is 35.2 Å². The van der Waals surface area contributed by atoms with E-state index >= 15 is 0 Å². The predicted octanol–water partition coefficient (Wildman–Crippen LogP) is 3.89. The summed E-state index contributed by atoms with van der Waals surface area (Å²) in [4.78, 5) is 34.1. The number of urea groups is 1. The van der Waals surface area contributed by atoms with Crippen molar-refractivity contribution in [3.63, 3.8) is 0 Å². The lowest BCUT2D eigenvalue weighted by Gasteiger charge is -2.46. The van der Waals surface area contributed by atoms with Crippen molar-refractivity contribution in [1.82, 2.24) is 19.9 Å². The molecule has 2 aromatic rings. The fraction of sp³-hybridized carbons (Fsp3) is 0.545. The Morgan fingerprint density at radius 3 is 2.65 bits per heavy atom. The van der Waals surface area contributed by atoms with Gasteiger partial charge in [-0.05, 0) is 49.9 Å². The van der Waals surface area contributed by atoms with Crippen LogP contribution in [0.2, 0.25) is 5.02 Å². The molecule has 3 heterocycles. The van der Waals surface area contributed by atoms with Gasteiger partial charge >= 0.3 is 6.03 Å². The Morgan fingerprint density at radius 1 is 1.06 bits per heavy atom. The van der Waals surface area contributed by atoms with E-state index in [-0.39, 0.29) is 36.5 Å². The molecule has 0 bridgehead atoms. The van der Waals surface area contributed by atoms with Gasteiger partial charge in [0.25, 0.3) is 0 Å². The Labute approximate surface area is 185 Å². The summed E-state index contributed by atoms with van der Waals surface area (Å²) >= 11 is 5.95. The van der Waals surface area contributed by atoms with E-state index in [1.807, 2.05) is 12.1 Å². The molecular formula is C22H25ClN4O4. The topological polar surface area (TPSA) is 88.8 Å². The van der Waals surface area contributed by atoms with Gasteiger partial charge in [0.2, 0.25) is 17.6 Å². The lowest BCUT2D eigenvalue weighted by molar-refractivity contribution is -0.142. The fourth-order valence-corrected chi connectivity index (χ4v) is 5.02. The maximum Gasteiger partial charge on any atom is 0.327 e. The van der Waals surface area contributed by atoms with E-state index in [1.54, 1.807) is 17.0 Å². The van der Waals surface area contributed by atoms with E-state index < -0.39 is 0 Å². The van der Waals surface area contributed by atoms with Crippen LogP contribution in [-0.2, 0) is 16.1 Å². The summed E-state index contributed by atoms with van der Waals surface area (Å²) in [7, 11) is 0. The molecule has 0 spiro atoms. The van der Waals surface area contributed by atoms with Crippen molar-refractivity contribution in [2.75, 3.05) is 13.2 Å². The van der Waals surface area contributed by atoms with E-state index in [0.29, 0.717) is 29.9 Å². The third-order valence-corrected chi connectivity index (χ3v) is 6.73. The second kappa shape index (κ2) is 8.59. The van der Waals surface area contributed by atoms with Crippen molar-refractivity contribution >= 4 is 23.5 Å². The standard InChI is InChI=1S/C22H25ClN4O4/c23-15-9-7-14(8-10-15)20-24-19(31-25-20)13-26-18-6-2-1-5-17(18)21(28)27(22(26)29)12-16-4-3-11-30-16/h7-10,16-18H,1-6,11-13H2. The molecule has 0 N–H and O–H groups in total. The largest absolute Gasteiger partial charge is 0.376 e. The van der Waals surface area contributed by atoms with Crippen molar-refractivity contribution in [1.29, 1.82) is 0 Å². The van der Waals surface area contributed by atoms with Gasteiger partial charge < -0.3 is 14.2 Å². The smallest absolute Gasteiger partial charge is 0.327 e. The van der Waals surface area contributed by atoms with Gasteiger partial charge in [0.1, 0.15) is 6.54 Å². The SMILES string of the molecule is O=C1C2CCCCC2N(Cc2nc(-c3ccc(Cl)cc3)no2)C(=O)N1CC1CCCO1. The van der Waals surface area contributed by atoms with Gasteiger partial charge in [-0.15, -0.1) is 0 Å². The summed E-state index contributed by atoms with van der Waals surface area (Å²) in [5.41, 5.74) is 0.787. The van der Waals surface area contributed by atoms with Crippen LogP contribution in [0, 0.1) is 5.92 Å². The molecule has 1 aromatic carbocycles. The van der Waals surface area contributed by atoms with Crippen molar-refractivity contribution in [2.24, 2.45) is 5.92 Å². The lowest BCUT2D eigenvalue weighted by Crippen LogP contribution is -2.63. The van der Waals surface area contributed by atoms with Crippen LogP contribution < -0.4 is 0 Å². The predicted molar refractivity (Wildman–Crippen MR) is 112 cm³/mol. The number of nitrogens with zero attached hydrogens (tertiary/aromatic N) is 4. The average Bonchev–Trinajstić information content (AvgIpc) is 3.47. The molecule has 3 atom stereocenters. The first-order valence-electron chi connectivity index (χ1n) is 10.9. The summed E-state index contributed by atoms with van der Waals surface area (Å²) in [5, 5.41) is 4.69. The van der Waals surface area contributed by atoms with Crippen LogP contribution in [0.25, 0.3) is 11.4 Å². The molecule has 2 aliphatic heterocycles. The fourth-order valence-electron chi connectivity index (χ4n) is 4.89. The van der Waals surface area contributed by atoms with E-state index in [1.165, 1.54) is 4.90 Å². The highest BCUT2D eigenvalue weighted by molar-refractivity contribution is 6.30. The monoisotopic (exact) mass is 444 g/mol. The minimum atomic E-state index is -0.283. The number of benzene rings is 1. The number of aromatic nitrogens is 2. The molecule has 2 saturated heterocycles. The molecule has 1 saturated carbocycles. The van der Waals surface area contributed by atoms with Gasteiger partial charge in [0, 0.05) is 23.2 Å². The second-order valence-electron chi connectivity index (χ2n) is 8.47. The van der Waals surface area contributed by atoms with Crippen LogP contribution in [0.15, 0.2) is 28.8 Å². The van der Waals surface area contributed by atoms with Crippen molar-refractivity contribution < 1.29 is 18.8 Å². The Bertz CT molecular complexity index is 957. The van der Waals surface area contributed by atoms with Crippen LogP contribution >= 0.6 is 11.6 Å². The van der Waals surface area contributed by atoms with E-state index in [0.717, 1.165) is 44.1 Å². The molecule has 9 heteroatoms. The Balaban J connectivity index is 1.37. The van der Waals surface area contributed by atoms with Crippen LogP contribution in [0.4, 0.5) is 4.79 Å². The van der Waals surface area contributed by atoms with Gasteiger partial charge in [-0.3, -0.25) is 9.69 Å². The maximum absolute atomic E-state index is 13.4. The number of hydrogen-bond acceptors (Lipinski definition) is 6. The average molecular weight is 445 g/mol. The minimum Gasteiger partial charge on any atom is -0.376 e. The molecule has 8 nitrogen and oxygen atoms in total. The van der Waals surface area contributed by atoms with Gasteiger partial charge in [0.05, 0.1) is 18.6 Å². The highest BCUT2D eigenvalue weighted by Gasteiger charge is 2.48. The zero-order valence-corrected chi connectivity index (χ0v) is 18.0. The van der Waals surface area contributed by atoms with Gasteiger partial charge in [0.15, 0.2) is 0 Å². The van der Waals surface area contributed by atoms with Crippen molar-refractivity contribution in [2.45, 2.75) is 57.2 Å². The van der Waals surface area contributed by atoms with E-state index in [9.17, 15) is 9.59 Å². The zero-order chi connectivity index (χ0) is 21.4. The lowest BCUT2D eigenvalue weighted by atomic mass is 9.81. The second-order valence-corrected chi connectivity index (χ2v) is 8.91. The number of hydrogen-bond donors (Lipinski definition) is 0. The molecule has 31 heavy (non-hydrogen) atoms. The normalized spacial score (nSPS) is 26.4. The Hall–Kier alpha value is -2.45. The summed E-state index contributed by atoms with van der Waals surface area (Å²) in [5.74, 6) is 0.568. The molecule has 1 aromatic heterocycles. The number of halogens is 1. The maximum atomic E-state index is 13.4. The van der Waals surface area contributed by atoms with Gasteiger partial charge in [-0.2, -0.15) is 4.98 Å². The molecule has 164 valence electrons. The zero-order valence-electron chi connectivity index (χ0n) is 17.2. The molecule has 5 rings (SSSR count). The third kappa shape index (κ3) is 4.06. The first-order valence-corrected chi connectivity index (χ1v) is 11.3. The van der Waals surface area contributed by atoms with Crippen LogP contribution in [-0.4, -0.2) is 57.2 Å². The third-order valence-electron chi connectivity index (χ3n) is 6.48. The summed E-state index contributed by atoms with van der Waals surface area (Å²) < 4.78 is 11.1. The summed E-state index contributed by atoms with van der Waals surface area (Å²) in [6, 6.07) is 6.77. The summed E-state index contributed by atoms with van der Waals surface area (Å²) in [6.07, 6.45) is 5.39. The van der Waals surface area contributed by atoms with Gasteiger partial charge in [-0.1, -0.05) is 29.6 Å². The first-order chi connectivity index (χ1) is 15.1. The van der Waals surface area contributed by atoms with Crippen LogP contribution in [0.5, 0.6) is 0 Å². The number of carbonyl (C=O) groups excluding carboxylic acids is 2. The van der Waals surface area contributed by atoms with Crippen molar-refractivity contribution in [3.8, 4) is 11.4 Å². The highest BCUT2D eigenvalue weighted by Crippen LogP contribution is 2.36. The molecule has 3 aliphatic rings. The number of carbonyl (C=O) groups is 2. The Morgan fingerprint density at radius 2 is 1.87 bits per heavy atom. The minimum absolute atomic E-state index is 0.0613. The molecule has 3 fully saturated rings. The molecule has 0 radical (unpaired) electrons. The number of imide groups is 1. The van der Waals surface area contributed by atoms with Crippen LogP contribution in [0.1, 0.15) is 44.4 Å². The number of fused-ring (bicyclic) bond motifs is 1. The number of ether oxygens (including phenoxy) is 1. The van der Waals surface area contributed by atoms with Crippen LogP contribution in [0.3, 0.4) is 0 Å². The first kappa shape index (κ1) is 20.5. The highest BCUT2D eigenvalue weighted by atomic mass is 35.5. The Kier molecular flexibility index (Phi) is 5.67. The molecular weight excluding hydrogens is 420 g/mol. The number of rotatable bonds is 5. The van der Waals surface area contributed by atoms with E-state index in [2.05, 4.69) is 10.1 Å². The molecule has 3 amide bonds. The molecule has 1 aliphatic carbocycles. The summed E-state index contributed by atoms with van der Waals surface area (Å²) in [6.45, 7) is 1.19. The molecule has 3 unspecified atom stereocenters. The van der Waals surface area contributed by atoms with E-state index in [4.69, 9.17) is 20.9 Å². The van der Waals surface area contributed by atoms with Gasteiger partial charge in [-0.25, -0.2) is 4.79 Å². The number of amides is 3. The quantitative estimate of drug-likeness (QED) is 0.695.